The summed E-state index contributed by atoms with van der Waals surface area (Å²) in [5.41, 5.74) is 1.89. The highest BCUT2D eigenvalue weighted by atomic mass is 32.3. The van der Waals surface area contributed by atoms with E-state index in [0.29, 0.717) is 27.7 Å². The van der Waals surface area contributed by atoms with Gasteiger partial charge in [-0.05, 0) is 17.7 Å². The third kappa shape index (κ3) is 2.38. The molecule has 2 saturated heterocycles. The standard InChI is InChI=1S/C12H16N2O2S2/c1-16-12(15)11-4-2-10(3-5-11)6-14-8-17-9-18(14)7-13-17/h2-5,13H,6-9H2,1H3/q+2. The minimum atomic E-state index is -0.269. The van der Waals surface area contributed by atoms with E-state index in [4.69, 9.17) is 4.74 Å². The van der Waals surface area contributed by atoms with Crippen molar-refractivity contribution in [2.45, 2.75) is 6.54 Å². The van der Waals surface area contributed by atoms with E-state index in [1.807, 2.05) is 24.3 Å². The molecule has 0 aromatic heterocycles. The van der Waals surface area contributed by atoms with E-state index >= 15 is 0 Å². The maximum Gasteiger partial charge on any atom is 0.337 e. The molecule has 18 heavy (non-hydrogen) atoms. The lowest BCUT2D eigenvalue weighted by atomic mass is 10.1. The zero-order valence-electron chi connectivity index (χ0n) is 10.2. The van der Waals surface area contributed by atoms with Crippen LogP contribution in [-0.4, -0.2) is 34.2 Å². The first-order chi connectivity index (χ1) is 8.76. The molecule has 96 valence electrons. The molecule has 3 rings (SSSR count). The lowest BCUT2D eigenvalue weighted by Gasteiger charge is -2.12. The normalized spacial score (nSPS) is 26.5. The molecule has 2 fully saturated rings. The van der Waals surface area contributed by atoms with Gasteiger partial charge in [-0.1, -0.05) is 21.2 Å². The van der Waals surface area contributed by atoms with Gasteiger partial charge in [-0.3, -0.25) is 0 Å². The molecular formula is C12H16N2O2S2+2. The van der Waals surface area contributed by atoms with Gasteiger partial charge >= 0.3 is 5.97 Å². The van der Waals surface area contributed by atoms with Crippen molar-refractivity contribution in [3.8, 4) is 0 Å². The number of hydrogen-bond acceptors (Lipinski definition) is 4. The van der Waals surface area contributed by atoms with Crippen molar-refractivity contribution in [3.05, 3.63) is 35.4 Å². The lowest BCUT2D eigenvalue weighted by molar-refractivity contribution is 0.0600. The van der Waals surface area contributed by atoms with Crippen LogP contribution < -0.4 is 4.72 Å². The van der Waals surface area contributed by atoms with Crippen molar-refractivity contribution in [2.24, 2.45) is 0 Å². The molecule has 6 heteroatoms. The van der Waals surface area contributed by atoms with Gasteiger partial charge in [0, 0.05) is 0 Å². The van der Waals surface area contributed by atoms with Crippen molar-refractivity contribution in [1.82, 2.24) is 9.03 Å². The maximum atomic E-state index is 11.3. The number of carbonyl (C=O) groups excluding carboxylic acids is 1. The maximum absolute atomic E-state index is 11.3. The Morgan fingerprint density at radius 3 is 2.78 bits per heavy atom. The van der Waals surface area contributed by atoms with E-state index in [0.717, 1.165) is 12.4 Å². The molecule has 0 saturated carbocycles. The third-order valence-electron chi connectivity index (χ3n) is 3.11. The molecule has 0 amide bonds. The fourth-order valence-corrected chi connectivity index (χ4v) is 8.21. The first-order valence-corrected chi connectivity index (χ1v) is 8.85. The summed E-state index contributed by atoms with van der Waals surface area (Å²) in [6, 6.07) is 7.75. The fraction of sp³-hybridized carbons (Fsp3) is 0.417. The van der Waals surface area contributed by atoms with Crippen molar-refractivity contribution in [2.75, 3.05) is 23.9 Å². The quantitative estimate of drug-likeness (QED) is 0.659. The number of methoxy groups -OCH3 is 1. The Labute approximate surface area is 113 Å². The van der Waals surface area contributed by atoms with Gasteiger partial charge < -0.3 is 4.74 Å². The molecular weight excluding hydrogens is 268 g/mol. The van der Waals surface area contributed by atoms with Gasteiger partial charge in [0.25, 0.3) is 5.08 Å². The van der Waals surface area contributed by atoms with E-state index in [9.17, 15) is 4.79 Å². The Balaban J connectivity index is 1.65. The largest absolute Gasteiger partial charge is 0.465 e. The van der Waals surface area contributed by atoms with Crippen LogP contribution in [0.5, 0.6) is 0 Å². The Bertz CT molecular complexity index is 452. The predicted molar refractivity (Wildman–Crippen MR) is 75.8 cm³/mol. The van der Waals surface area contributed by atoms with E-state index in [1.54, 1.807) is 0 Å². The van der Waals surface area contributed by atoms with Gasteiger partial charge in [-0.25, -0.2) is 4.79 Å². The van der Waals surface area contributed by atoms with Gasteiger partial charge in [0.05, 0.1) is 19.2 Å². The summed E-state index contributed by atoms with van der Waals surface area (Å²) >= 11 is 0.866. The molecule has 0 spiro atoms. The van der Waals surface area contributed by atoms with E-state index in [2.05, 4.69) is 9.03 Å². The van der Waals surface area contributed by atoms with E-state index < -0.39 is 0 Å². The number of rotatable bonds is 3. The number of hydrogen-bond donors (Lipinski definition) is 1. The molecule has 2 unspecified atom stereocenters. The number of nitrogens with one attached hydrogen (secondary N) is 1. The summed E-state index contributed by atoms with van der Waals surface area (Å²) < 4.78 is 10.8. The highest BCUT2D eigenvalue weighted by Gasteiger charge is 2.55. The van der Waals surface area contributed by atoms with E-state index in [-0.39, 0.29) is 5.97 Å². The van der Waals surface area contributed by atoms with Gasteiger partial charge in [0.15, 0.2) is 22.2 Å². The molecule has 1 N–H and O–H groups in total. The molecule has 0 radical (unpaired) electrons. The summed E-state index contributed by atoms with van der Waals surface area (Å²) in [7, 11) is 1.41. The Morgan fingerprint density at radius 2 is 2.22 bits per heavy atom. The van der Waals surface area contributed by atoms with Crippen LogP contribution in [0.2, 0.25) is 0 Å². The lowest BCUT2D eigenvalue weighted by Crippen LogP contribution is -2.37. The van der Waals surface area contributed by atoms with Crippen molar-refractivity contribution in [3.63, 3.8) is 0 Å². The summed E-state index contributed by atoms with van der Waals surface area (Å²) in [5, 5.41) is 1.33. The second-order valence-corrected chi connectivity index (χ2v) is 8.52. The molecule has 4 nitrogen and oxygen atoms in total. The summed E-state index contributed by atoms with van der Waals surface area (Å²) in [5.74, 6) is 2.07. The van der Waals surface area contributed by atoms with Crippen LogP contribution in [0.1, 0.15) is 15.9 Å². The van der Waals surface area contributed by atoms with Gasteiger partial charge in [0.2, 0.25) is 11.8 Å². The Kier molecular flexibility index (Phi) is 3.52. The highest BCUT2D eigenvalue weighted by molar-refractivity contribution is 8.16. The predicted octanol–water partition coefficient (Wildman–Crippen LogP) is 0.831. The van der Waals surface area contributed by atoms with Gasteiger partial charge in [0.1, 0.15) is 0 Å². The van der Waals surface area contributed by atoms with E-state index in [1.165, 1.54) is 23.6 Å². The molecule has 0 aliphatic carbocycles. The molecule has 1 aromatic rings. The molecule has 1 aromatic carbocycles. The number of ether oxygens (including phenoxy) is 1. The summed E-state index contributed by atoms with van der Waals surface area (Å²) in [6.45, 7) is 0.996. The zero-order chi connectivity index (χ0) is 12.5. The fourth-order valence-electron chi connectivity index (χ4n) is 2.10. The molecule has 2 atom stereocenters. The second-order valence-electron chi connectivity index (χ2n) is 4.32. The van der Waals surface area contributed by atoms with Crippen molar-refractivity contribution < 1.29 is 9.53 Å². The average molecular weight is 284 g/mol. The monoisotopic (exact) mass is 284 g/mol. The molecule has 2 aliphatic rings. The smallest absolute Gasteiger partial charge is 0.337 e. The molecule has 2 heterocycles. The SMILES string of the molecule is COC(=O)c1ccc(CN2C[S+]3C[S+]2CN3)cc1. The van der Waals surface area contributed by atoms with Gasteiger partial charge in [-0.2, -0.15) is 0 Å². The number of esters is 1. The molecule has 2 aliphatic heterocycles. The average Bonchev–Trinajstić information content (AvgIpc) is 3.01. The topological polar surface area (TPSA) is 41.6 Å². The van der Waals surface area contributed by atoms with Crippen LogP contribution in [0.25, 0.3) is 0 Å². The van der Waals surface area contributed by atoms with Crippen LogP contribution >= 0.6 is 0 Å². The first-order valence-electron chi connectivity index (χ1n) is 5.77. The number of fused-ring (bicyclic) bond motifs is 2. The number of benzene rings is 1. The summed E-state index contributed by atoms with van der Waals surface area (Å²) in [4.78, 5) is 11.3. The van der Waals surface area contributed by atoms with Gasteiger partial charge in [-0.15, -0.1) is 0 Å². The van der Waals surface area contributed by atoms with Crippen molar-refractivity contribution >= 4 is 28.1 Å². The van der Waals surface area contributed by atoms with Crippen LogP contribution in [0.4, 0.5) is 0 Å². The zero-order valence-corrected chi connectivity index (χ0v) is 11.9. The van der Waals surface area contributed by atoms with Crippen molar-refractivity contribution in [1.29, 1.82) is 0 Å². The van der Waals surface area contributed by atoms with Crippen LogP contribution in [0, 0.1) is 0 Å². The molecule has 2 bridgehead atoms. The highest BCUT2D eigenvalue weighted by Crippen LogP contribution is 2.27. The first kappa shape index (κ1) is 12.3. The third-order valence-corrected chi connectivity index (χ3v) is 8.32. The van der Waals surface area contributed by atoms with Crippen LogP contribution in [0.15, 0.2) is 24.3 Å². The van der Waals surface area contributed by atoms with Crippen LogP contribution in [-0.2, 0) is 33.4 Å². The Morgan fingerprint density at radius 1 is 1.44 bits per heavy atom. The second kappa shape index (κ2) is 5.13. The minimum absolute atomic E-state index is 0.269. The Hall–Kier alpha value is -0.690. The number of nitrogens with zero attached hydrogens (tertiary/aromatic N) is 1. The van der Waals surface area contributed by atoms with Crippen LogP contribution in [0.3, 0.4) is 0 Å². The minimum Gasteiger partial charge on any atom is -0.465 e. The number of carbonyl (C=O) groups is 1. The summed E-state index contributed by atoms with van der Waals surface area (Å²) in [6.07, 6.45) is 0.